The van der Waals surface area contributed by atoms with Crippen molar-refractivity contribution in [3.8, 4) is 0 Å². The minimum Gasteiger partial charge on any atom is -0.379 e. The van der Waals surface area contributed by atoms with Crippen molar-refractivity contribution in [3.05, 3.63) is 27.8 Å². The molecule has 1 fully saturated rings. The van der Waals surface area contributed by atoms with Crippen molar-refractivity contribution in [2.45, 2.75) is 26.2 Å². The molecule has 2 atom stereocenters. The Kier molecular flexibility index (Phi) is 3.08. The van der Waals surface area contributed by atoms with Crippen molar-refractivity contribution in [1.82, 2.24) is 0 Å². The number of rotatable bonds is 4. The van der Waals surface area contributed by atoms with Gasteiger partial charge >= 0.3 is 0 Å². The first-order valence-electron chi connectivity index (χ1n) is 6.89. The summed E-state index contributed by atoms with van der Waals surface area (Å²) in [5.41, 5.74) is 2.11. The molecule has 1 aliphatic heterocycles. The van der Waals surface area contributed by atoms with Crippen molar-refractivity contribution in [2.75, 3.05) is 17.2 Å². The number of anilines is 2. The molecule has 1 aromatic carbocycles. The van der Waals surface area contributed by atoms with Gasteiger partial charge in [-0.3, -0.25) is 14.9 Å². The average molecular weight is 275 g/mol. The molecule has 1 heterocycles. The fraction of sp³-hybridized carbons (Fsp3) is 0.500. The van der Waals surface area contributed by atoms with Gasteiger partial charge in [-0.25, -0.2) is 0 Å². The Balaban J connectivity index is 1.87. The van der Waals surface area contributed by atoms with E-state index in [1.165, 1.54) is 6.42 Å². The standard InChI is InChI=1S/C14H17N3O3/c1-8-4-10(8)7-15-12-6-11-9(2-3-14(18)16-11)5-13(12)17(19)20/h5-6,8,10,15H,2-4,7H2,1H3,(H,16,18). The molecule has 0 aromatic heterocycles. The molecule has 106 valence electrons. The predicted octanol–water partition coefficient (Wildman–Crippen LogP) is 2.55. The summed E-state index contributed by atoms with van der Waals surface area (Å²) >= 11 is 0. The van der Waals surface area contributed by atoms with Crippen LogP contribution < -0.4 is 10.6 Å². The summed E-state index contributed by atoms with van der Waals surface area (Å²) in [7, 11) is 0. The molecular weight excluding hydrogens is 258 g/mol. The molecule has 0 bridgehead atoms. The number of nitrogens with one attached hydrogen (secondary N) is 2. The Labute approximate surface area is 116 Å². The minimum absolute atomic E-state index is 0.0341. The van der Waals surface area contributed by atoms with Crippen LogP contribution in [0.1, 0.15) is 25.3 Å². The summed E-state index contributed by atoms with van der Waals surface area (Å²) in [6, 6.07) is 3.27. The van der Waals surface area contributed by atoms with Crippen LogP contribution in [0.3, 0.4) is 0 Å². The van der Waals surface area contributed by atoms with Gasteiger partial charge < -0.3 is 10.6 Å². The number of carbonyl (C=O) groups is 1. The zero-order valence-electron chi connectivity index (χ0n) is 11.3. The number of carbonyl (C=O) groups excluding carboxylic acids is 1. The molecule has 6 nitrogen and oxygen atoms in total. The second kappa shape index (κ2) is 4.77. The lowest BCUT2D eigenvalue weighted by Gasteiger charge is -2.18. The predicted molar refractivity (Wildman–Crippen MR) is 75.8 cm³/mol. The number of benzene rings is 1. The van der Waals surface area contributed by atoms with Crippen LogP contribution in [0.2, 0.25) is 0 Å². The zero-order valence-corrected chi connectivity index (χ0v) is 11.3. The average Bonchev–Trinajstić information content (AvgIpc) is 3.11. The van der Waals surface area contributed by atoms with E-state index in [9.17, 15) is 14.9 Å². The highest BCUT2D eigenvalue weighted by molar-refractivity contribution is 5.95. The molecule has 3 rings (SSSR count). The highest BCUT2D eigenvalue weighted by Crippen LogP contribution is 2.39. The highest BCUT2D eigenvalue weighted by Gasteiger charge is 2.32. The monoisotopic (exact) mass is 275 g/mol. The topological polar surface area (TPSA) is 84.3 Å². The van der Waals surface area contributed by atoms with Crippen LogP contribution in [0.4, 0.5) is 17.1 Å². The van der Waals surface area contributed by atoms with Gasteiger partial charge in [0.05, 0.1) is 4.92 Å². The van der Waals surface area contributed by atoms with Gasteiger partial charge in [0.1, 0.15) is 5.69 Å². The minimum atomic E-state index is -0.366. The number of aryl methyl sites for hydroxylation is 1. The SMILES string of the molecule is CC1CC1CNc1cc2c(cc1[N+](=O)[O-])CCC(=O)N2. The van der Waals surface area contributed by atoms with E-state index in [1.54, 1.807) is 12.1 Å². The second-order valence-electron chi connectivity index (χ2n) is 5.69. The van der Waals surface area contributed by atoms with Crippen LogP contribution in [0.25, 0.3) is 0 Å². The fourth-order valence-electron chi connectivity index (χ4n) is 2.63. The maximum atomic E-state index is 11.4. The molecule has 0 saturated heterocycles. The van der Waals surface area contributed by atoms with E-state index >= 15 is 0 Å². The maximum Gasteiger partial charge on any atom is 0.292 e. The van der Waals surface area contributed by atoms with Crippen LogP contribution >= 0.6 is 0 Å². The second-order valence-corrected chi connectivity index (χ2v) is 5.69. The normalized spacial score (nSPS) is 23.8. The van der Waals surface area contributed by atoms with Gasteiger partial charge in [0.2, 0.25) is 5.91 Å². The third-order valence-electron chi connectivity index (χ3n) is 4.14. The Morgan fingerprint density at radius 2 is 2.20 bits per heavy atom. The van der Waals surface area contributed by atoms with E-state index in [2.05, 4.69) is 17.6 Å². The smallest absolute Gasteiger partial charge is 0.292 e. The Bertz CT molecular complexity index is 585. The maximum absolute atomic E-state index is 11.4. The van der Waals surface area contributed by atoms with E-state index in [1.807, 2.05) is 0 Å². The molecule has 2 unspecified atom stereocenters. The number of fused-ring (bicyclic) bond motifs is 1. The number of hydrogen-bond donors (Lipinski definition) is 2. The lowest BCUT2D eigenvalue weighted by atomic mass is 10.0. The molecule has 1 aliphatic carbocycles. The summed E-state index contributed by atoms with van der Waals surface area (Å²) in [6.07, 6.45) is 2.11. The van der Waals surface area contributed by atoms with Crippen LogP contribution in [0, 0.1) is 22.0 Å². The van der Waals surface area contributed by atoms with Gasteiger partial charge in [-0.15, -0.1) is 0 Å². The first-order valence-corrected chi connectivity index (χ1v) is 6.89. The molecule has 2 N–H and O–H groups in total. The number of nitro groups is 1. The van der Waals surface area contributed by atoms with Gasteiger partial charge in [-0.1, -0.05) is 6.92 Å². The van der Waals surface area contributed by atoms with Crippen molar-refractivity contribution in [3.63, 3.8) is 0 Å². The lowest BCUT2D eigenvalue weighted by molar-refractivity contribution is -0.384. The number of amides is 1. The van der Waals surface area contributed by atoms with E-state index in [4.69, 9.17) is 0 Å². The largest absolute Gasteiger partial charge is 0.379 e. The molecule has 20 heavy (non-hydrogen) atoms. The molecule has 0 radical (unpaired) electrons. The summed E-state index contributed by atoms with van der Waals surface area (Å²) in [4.78, 5) is 22.2. The van der Waals surface area contributed by atoms with E-state index in [0.29, 0.717) is 36.1 Å². The Morgan fingerprint density at radius 1 is 1.45 bits per heavy atom. The molecule has 1 aromatic rings. The van der Waals surface area contributed by atoms with Crippen molar-refractivity contribution in [1.29, 1.82) is 0 Å². The van der Waals surface area contributed by atoms with Crippen molar-refractivity contribution in [2.24, 2.45) is 11.8 Å². The van der Waals surface area contributed by atoms with E-state index in [0.717, 1.165) is 12.1 Å². The van der Waals surface area contributed by atoms with Crippen LogP contribution in [-0.2, 0) is 11.2 Å². The number of nitro benzene ring substituents is 1. The van der Waals surface area contributed by atoms with Crippen LogP contribution in [-0.4, -0.2) is 17.4 Å². The first-order chi connectivity index (χ1) is 9.54. The molecule has 1 saturated carbocycles. The molecular formula is C14H17N3O3. The summed E-state index contributed by atoms with van der Waals surface area (Å²) in [5, 5.41) is 17.1. The molecule has 2 aliphatic rings. The van der Waals surface area contributed by atoms with Gasteiger partial charge in [-0.2, -0.15) is 0 Å². The molecule has 0 spiro atoms. The quantitative estimate of drug-likeness (QED) is 0.653. The van der Waals surface area contributed by atoms with Gasteiger partial charge in [0.25, 0.3) is 5.69 Å². The third-order valence-corrected chi connectivity index (χ3v) is 4.14. The fourth-order valence-corrected chi connectivity index (χ4v) is 2.63. The van der Waals surface area contributed by atoms with E-state index < -0.39 is 0 Å². The van der Waals surface area contributed by atoms with Gasteiger partial charge in [0.15, 0.2) is 0 Å². The number of hydrogen-bond acceptors (Lipinski definition) is 4. The summed E-state index contributed by atoms with van der Waals surface area (Å²) < 4.78 is 0. The van der Waals surface area contributed by atoms with E-state index in [-0.39, 0.29) is 16.5 Å². The van der Waals surface area contributed by atoms with Crippen LogP contribution in [0.5, 0.6) is 0 Å². The highest BCUT2D eigenvalue weighted by atomic mass is 16.6. The first kappa shape index (κ1) is 12.9. The van der Waals surface area contributed by atoms with Crippen LogP contribution in [0.15, 0.2) is 12.1 Å². The Hall–Kier alpha value is -2.11. The lowest BCUT2D eigenvalue weighted by Crippen LogP contribution is -2.19. The number of nitrogens with zero attached hydrogens (tertiary/aromatic N) is 1. The summed E-state index contributed by atoms with van der Waals surface area (Å²) in [5.74, 6) is 1.26. The third kappa shape index (κ3) is 2.45. The van der Waals surface area contributed by atoms with Crippen molar-refractivity contribution < 1.29 is 9.72 Å². The Morgan fingerprint density at radius 3 is 2.85 bits per heavy atom. The zero-order chi connectivity index (χ0) is 14.3. The summed E-state index contributed by atoms with van der Waals surface area (Å²) in [6.45, 7) is 2.92. The van der Waals surface area contributed by atoms with Crippen molar-refractivity contribution >= 4 is 23.0 Å². The molecule has 6 heteroatoms. The van der Waals surface area contributed by atoms with Gasteiger partial charge in [0, 0.05) is 24.7 Å². The van der Waals surface area contributed by atoms with Gasteiger partial charge in [-0.05, 0) is 36.3 Å². The molecule has 1 amide bonds.